The Morgan fingerprint density at radius 1 is 1.00 bits per heavy atom. The van der Waals surface area contributed by atoms with Crippen molar-refractivity contribution in [1.82, 2.24) is 0 Å². The van der Waals surface area contributed by atoms with E-state index in [4.69, 9.17) is 14.2 Å². The van der Waals surface area contributed by atoms with Gasteiger partial charge in [0.25, 0.3) is 0 Å². The second-order valence-corrected chi connectivity index (χ2v) is 15.5. The third-order valence-electron chi connectivity index (χ3n) is 12.3. The van der Waals surface area contributed by atoms with E-state index in [1.54, 1.807) is 24.3 Å². The van der Waals surface area contributed by atoms with Crippen LogP contribution in [0.2, 0.25) is 0 Å². The lowest BCUT2D eigenvalue weighted by atomic mass is 9.42. The largest absolute Gasteiger partial charge is 0.455 e. The summed E-state index contributed by atoms with van der Waals surface area (Å²) < 4.78 is 19.8. The summed E-state index contributed by atoms with van der Waals surface area (Å²) in [4.78, 5) is 28.7. The first kappa shape index (κ1) is 32.1. The molecule has 2 saturated carbocycles. The molecule has 1 heterocycles. The SMILES string of the molecule is CC1=C2C(=O)[C@H](O)[C@]3(C)[C@@H](OC(C)(C)c4ccccc4)C[C@H]4OC[C@@]4(C)[C@H]3[C@H](OC(=O)c3ccccc3)[C@](O)(C[C@@H]1C)C2(C)C. The van der Waals surface area contributed by atoms with Crippen molar-refractivity contribution < 1.29 is 34.0 Å². The third-order valence-corrected chi connectivity index (χ3v) is 12.3. The molecule has 0 spiro atoms. The zero-order chi connectivity index (χ0) is 32.7. The van der Waals surface area contributed by atoms with E-state index in [1.165, 1.54) is 0 Å². The highest BCUT2D eigenvalue weighted by molar-refractivity contribution is 6.02. The van der Waals surface area contributed by atoms with Crippen LogP contribution in [-0.2, 0) is 24.6 Å². The summed E-state index contributed by atoms with van der Waals surface area (Å²) in [6.45, 7) is 15.9. The number of hydrogen-bond donors (Lipinski definition) is 2. The van der Waals surface area contributed by atoms with E-state index in [1.807, 2.05) is 84.9 Å². The van der Waals surface area contributed by atoms with Gasteiger partial charge in [-0.25, -0.2) is 4.79 Å². The number of benzene rings is 2. The second kappa shape index (κ2) is 10.6. The van der Waals surface area contributed by atoms with Crippen LogP contribution in [0.25, 0.3) is 0 Å². The van der Waals surface area contributed by atoms with Gasteiger partial charge in [0.05, 0.1) is 30.0 Å². The lowest BCUT2D eigenvalue weighted by molar-refractivity contribution is -0.340. The third kappa shape index (κ3) is 4.52. The van der Waals surface area contributed by atoms with Gasteiger partial charge in [-0.3, -0.25) is 4.79 Å². The molecule has 4 aliphatic rings. The normalized spacial score (nSPS) is 39.1. The summed E-state index contributed by atoms with van der Waals surface area (Å²) in [6, 6.07) is 18.7. The predicted octanol–water partition coefficient (Wildman–Crippen LogP) is 6.02. The van der Waals surface area contributed by atoms with E-state index in [0.29, 0.717) is 30.6 Å². The molecule has 242 valence electrons. The molecular weight excluding hydrogens is 568 g/mol. The highest BCUT2D eigenvalue weighted by atomic mass is 16.6. The molecule has 1 aliphatic heterocycles. The Morgan fingerprint density at radius 2 is 1.60 bits per heavy atom. The number of aliphatic hydroxyl groups is 2. The summed E-state index contributed by atoms with van der Waals surface area (Å²) in [6.07, 6.45) is -2.77. The van der Waals surface area contributed by atoms with Crippen LogP contribution in [0, 0.1) is 28.1 Å². The molecule has 3 aliphatic carbocycles. The number of hydrogen-bond acceptors (Lipinski definition) is 7. The zero-order valence-corrected chi connectivity index (χ0v) is 27.8. The molecule has 1 saturated heterocycles. The molecule has 9 atom stereocenters. The van der Waals surface area contributed by atoms with Crippen molar-refractivity contribution in [2.45, 2.75) is 104 Å². The van der Waals surface area contributed by atoms with Gasteiger partial charge in [0.1, 0.15) is 17.8 Å². The molecule has 0 aromatic heterocycles. The van der Waals surface area contributed by atoms with Crippen LogP contribution in [0.15, 0.2) is 71.8 Å². The van der Waals surface area contributed by atoms with E-state index in [-0.39, 0.29) is 12.0 Å². The number of allylic oxidation sites excluding steroid dienone is 1. The van der Waals surface area contributed by atoms with Crippen LogP contribution >= 0.6 is 0 Å². The first-order valence-electron chi connectivity index (χ1n) is 16.3. The minimum absolute atomic E-state index is 0.176. The molecule has 3 fully saturated rings. The summed E-state index contributed by atoms with van der Waals surface area (Å²) in [5.74, 6) is -1.80. The molecule has 7 nitrogen and oxygen atoms in total. The lowest BCUT2D eigenvalue weighted by Crippen LogP contribution is -2.78. The van der Waals surface area contributed by atoms with Crippen molar-refractivity contribution in [3.8, 4) is 0 Å². The standard InChI is InChI=1S/C38H48O7/c1-22-20-38(42)32(44-33(41)24-15-11-9-12-16-24)30-36(7)21-43-26(36)19-27(45-35(5,6)25-17-13-10-14-18-25)37(30,8)31(40)29(39)28(23(22)2)34(38,3)4/h9-18,22,26-27,30-32,40,42H,19-21H2,1-8H3/t22-,26+,27-,30+,31-,32-,36+,37+,38+/m0/s1. The molecule has 7 heteroatoms. The molecule has 2 N–H and O–H groups in total. The van der Waals surface area contributed by atoms with Crippen LogP contribution in [-0.4, -0.2) is 58.6 Å². The Balaban J connectivity index is 1.58. The quantitative estimate of drug-likeness (QED) is 0.396. The number of carbonyl (C=O) groups is 2. The van der Waals surface area contributed by atoms with Crippen LogP contribution in [0.1, 0.15) is 84.2 Å². The minimum atomic E-state index is -1.63. The fraction of sp³-hybridized carbons (Fsp3) is 0.579. The van der Waals surface area contributed by atoms with Crippen molar-refractivity contribution in [2.75, 3.05) is 6.61 Å². The fourth-order valence-corrected chi connectivity index (χ4v) is 9.33. The summed E-state index contributed by atoms with van der Waals surface area (Å²) in [5.41, 5.74) is -2.83. The molecule has 0 radical (unpaired) electrons. The molecule has 45 heavy (non-hydrogen) atoms. The van der Waals surface area contributed by atoms with Gasteiger partial charge in [-0.05, 0) is 50.8 Å². The number of carbonyl (C=O) groups excluding carboxylic acids is 2. The highest BCUT2D eigenvalue weighted by Crippen LogP contribution is 2.67. The zero-order valence-electron chi connectivity index (χ0n) is 27.8. The predicted molar refractivity (Wildman–Crippen MR) is 170 cm³/mol. The van der Waals surface area contributed by atoms with E-state index in [9.17, 15) is 19.8 Å². The topological polar surface area (TPSA) is 102 Å². The van der Waals surface area contributed by atoms with Crippen LogP contribution < -0.4 is 0 Å². The molecule has 6 rings (SSSR count). The number of ether oxygens (including phenoxy) is 3. The monoisotopic (exact) mass is 616 g/mol. The van der Waals surface area contributed by atoms with Crippen molar-refractivity contribution in [3.63, 3.8) is 0 Å². The minimum Gasteiger partial charge on any atom is -0.455 e. The second-order valence-electron chi connectivity index (χ2n) is 15.5. The van der Waals surface area contributed by atoms with Crippen molar-refractivity contribution in [3.05, 3.63) is 82.9 Å². The Morgan fingerprint density at radius 3 is 2.18 bits per heavy atom. The van der Waals surface area contributed by atoms with Gasteiger partial charge < -0.3 is 24.4 Å². The number of aliphatic hydroxyl groups excluding tert-OH is 1. The fourth-order valence-electron chi connectivity index (χ4n) is 9.33. The number of Topliss-reactive ketones (excluding diaryl/α,β-unsaturated/α-hetero) is 1. The molecule has 2 aromatic rings. The Labute approximate surface area is 267 Å². The van der Waals surface area contributed by atoms with Gasteiger partial charge in [0, 0.05) is 34.2 Å². The molecular formula is C38H48O7. The summed E-state index contributed by atoms with van der Waals surface area (Å²) in [5, 5.41) is 25.6. The van der Waals surface area contributed by atoms with Gasteiger partial charge in [0.2, 0.25) is 0 Å². The summed E-state index contributed by atoms with van der Waals surface area (Å²) >= 11 is 0. The lowest BCUT2D eigenvalue weighted by Gasteiger charge is -2.69. The van der Waals surface area contributed by atoms with E-state index < -0.39 is 63.4 Å². The summed E-state index contributed by atoms with van der Waals surface area (Å²) in [7, 11) is 0. The van der Waals surface area contributed by atoms with E-state index in [2.05, 4.69) is 6.92 Å². The van der Waals surface area contributed by atoms with Crippen LogP contribution in [0.3, 0.4) is 0 Å². The van der Waals surface area contributed by atoms with Gasteiger partial charge in [0.15, 0.2) is 5.78 Å². The first-order valence-corrected chi connectivity index (χ1v) is 16.3. The first-order chi connectivity index (χ1) is 21.0. The molecule has 2 aromatic carbocycles. The van der Waals surface area contributed by atoms with Crippen molar-refractivity contribution in [2.24, 2.45) is 28.1 Å². The van der Waals surface area contributed by atoms with E-state index >= 15 is 0 Å². The Kier molecular flexibility index (Phi) is 7.56. The number of fused-ring (bicyclic) bond motifs is 5. The van der Waals surface area contributed by atoms with Crippen LogP contribution in [0.5, 0.6) is 0 Å². The average Bonchev–Trinajstić information content (AvgIpc) is 3.00. The van der Waals surface area contributed by atoms with Gasteiger partial charge in [-0.15, -0.1) is 0 Å². The van der Waals surface area contributed by atoms with Crippen molar-refractivity contribution >= 4 is 11.8 Å². The van der Waals surface area contributed by atoms with Gasteiger partial charge in [-0.2, -0.15) is 0 Å². The Hall–Kier alpha value is -2.84. The van der Waals surface area contributed by atoms with Gasteiger partial charge >= 0.3 is 5.97 Å². The molecule has 2 bridgehead atoms. The number of rotatable bonds is 5. The van der Waals surface area contributed by atoms with Crippen LogP contribution in [0.4, 0.5) is 0 Å². The maximum absolute atomic E-state index is 14.7. The average molecular weight is 617 g/mol. The highest BCUT2D eigenvalue weighted by Gasteiger charge is 2.75. The number of ketones is 1. The maximum atomic E-state index is 14.7. The Bertz CT molecular complexity index is 1510. The smallest absolute Gasteiger partial charge is 0.338 e. The molecule has 0 amide bonds. The van der Waals surface area contributed by atoms with E-state index in [0.717, 1.165) is 11.1 Å². The van der Waals surface area contributed by atoms with Crippen molar-refractivity contribution in [1.29, 1.82) is 0 Å². The molecule has 0 unspecified atom stereocenters. The maximum Gasteiger partial charge on any atom is 0.338 e. The van der Waals surface area contributed by atoms with Gasteiger partial charge in [-0.1, -0.05) is 88.7 Å². The number of esters is 1.